The van der Waals surface area contributed by atoms with E-state index in [1.807, 2.05) is 26.8 Å². The first-order valence-corrected chi connectivity index (χ1v) is 7.30. The van der Waals surface area contributed by atoms with Gasteiger partial charge in [-0.2, -0.15) is 0 Å². The van der Waals surface area contributed by atoms with Crippen molar-refractivity contribution in [2.45, 2.75) is 53.9 Å². The van der Waals surface area contributed by atoms with Gasteiger partial charge < -0.3 is 9.84 Å². The zero-order valence-corrected chi connectivity index (χ0v) is 13.2. The molecule has 0 spiro atoms. The van der Waals surface area contributed by atoms with E-state index < -0.39 is 11.4 Å². The molecule has 0 fully saturated rings. The first-order valence-electron chi connectivity index (χ1n) is 7.30. The number of hydrogen-bond acceptors (Lipinski definition) is 2. The first-order chi connectivity index (χ1) is 9.36. The fourth-order valence-corrected chi connectivity index (χ4v) is 2.46. The molecular formula is C17H26O3. The molecule has 0 amide bonds. The maximum Gasteiger partial charge on any atom is 0.309 e. The smallest absolute Gasteiger partial charge is 0.309 e. The lowest BCUT2D eigenvalue weighted by molar-refractivity contribution is -0.150. The Bertz CT molecular complexity index is 473. The summed E-state index contributed by atoms with van der Waals surface area (Å²) in [5.74, 6) is 0.141. The molecule has 0 heterocycles. The number of hydrogen-bond donors (Lipinski definition) is 1. The van der Waals surface area contributed by atoms with Gasteiger partial charge in [0.1, 0.15) is 5.75 Å². The standard InChI is InChI=1S/C17H26O3/c1-6-17(7-2,16(18)19)8-9-20-15-11-13(4)12(3)10-14(15)5/h10-11H,6-9H2,1-5H3,(H,18,19). The maximum atomic E-state index is 11.4. The molecule has 20 heavy (non-hydrogen) atoms. The molecule has 3 nitrogen and oxygen atoms in total. The van der Waals surface area contributed by atoms with Gasteiger partial charge in [-0.25, -0.2) is 0 Å². The van der Waals surface area contributed by atoms with Crippen molar-refractivity contribution in [2.24, 2.45) is 5.41 Å². The third kappa shape index (κ3) is 3.53. The van der Waals surface area contributed by atoms with E-state index in [4.69, 9.17) is 4.74 Å². The van der Waals surface area contributed by atoms with E-state index in [2.05, 4.69) is 19.9 Å². The second kappa shape index (κ2) is 6.78. The number of rotatable bonds is 7. The van der Waals surface area contributed by atoms with Crippen LogP contribution >= 0.6 is 0 Å². The predicted molar refractivity (Wildman–Crippen MR) is 81.4 cm³/mol. The summed E-state index contributed by atoms with van der Waals surface area (Å²) in [5, 5.41) is 9.40. The Morgan fingerprint density at radius 3 is 2.15 bits per heavy atom. The number of carboxylic acids is 1. The van der Waals surface area contributed by atoms with Gasteiger partial charge in [-0.3, -0.25) is 4.79 Å². The van der Waals surface area contributed by atoms with Gasteiger partial charge in [0.2, 0.25) is 0 Å². The van der Waals surface area contributed by atoms with E-state index in [0.717, 1.165) is 11.3 Å². The molecule has 1 rings (SSSR count). The molecule has 1 aromatic carbocycles. The van der Waals surface area contributed by atoms with Crippen molar-refractivity contribution in [1.29, 1.82) is 0 Å². The van der Waals surface area contributed by atoms with Gasteiger partial charge >= 0.3 is 5.97 Å². The average Bonchev–Trinajstić information content (AvgIpc) is 2.40. The minimum absolute atomic E-state index is 0.442. The van der Waals surface area contributed by atoms with Crippen LogP contribution in [0.2, 0.25) is 0 Å². The van der Waals surface area contributed by atoms with Crippen molar-refractivity contribution in [3.63, 3.8) is 0 Å². The van der Waals surface area contributed by atoms with Crippen LogP contribution in [-0.2, 0) is 4.79 Å². The molecule has 3 heteroatoms. The minimum atomic E-state index is -0.720. The van der Waals surface area contributed by atoms with E-state index in [1.54, 1.807) is 0 Å². The summed E-state index contributed by atoms with van der Waals surface area (Å²) in [5.41, 5.74) is 2.88. The number of ether oxygens (including phenoxy) is 1. The van der Waals surface area contributed by atoms with Crippen molar-refractivity contribution >= 4 is 5.97 Å². The third-order valence-electron chi connectivity index (χ3n) is 4.44. The van der Waals surface area contributed by atoms with Crippen molar-refractivity contribution in [1.82, 2.24) is 0 Å². The Labute approximate surface area is 122 Å². The lowest BCUT2D eigenvalue weighted by Crippen LogP contribution is -2.31. The second-order valence-corrected chi connectivity index (χ2v) is 5.59. The topological polar surface area (TPSA) is 46.5 Å². The molecule has 112 valence electrons. The molecule has 0 saturated heterocycles. The fraction of sp³-hybridized carbons (Fsp3) is 0.588. The number of benzene rings is 1. The minimum Gasteiger partial charge on any atom is -0.493 e. The van der Waals surface area contributed by atoms with Gasteiger partial charge in [-0.15, -0.1) is 0 Å². The van der Waals surface area contributed by atoms with Crippen molar-refractivity contribution in [3.05, 3.63) is 28.8 Å². The van der Waals surface area contributed by atoms with Gasteiger partial charge in [0, 0.05) is 0 Å². The molecule has 0 aliphatic carbocycles. The van der Waals surface area contributed by atoms with E-state index >= 15 is 0 Å². The summed E-state index contributed by atoms with van der Waals surface area (Å²) in [4.78, 5) is 11.4. The molecule has 0 radical (unpaired) electrons. The molecule has 0 saturated carbocycles. The zero-order chi connectivity index (χ0) is 15.3. The highest BCUT2D eigenvalue weighted by atomic mass is 16.5. The Balaban J connectivity index is 2.73. The molecule has 0 atom stereocenters. The Morgan fingerprint density at radius 1 is 1.10 bits per heavy atom. The summed E-state index contributed by atoms with van der Waals surface area (Å²) in [6.07, 6.45) is 1.81. The maximum absolute atomic E-state index is 11.4. The van der Waals surface area contributed by atoms with Gasteiger partial charge in [0.05, 0.1) is 12.0 Å². The van der Waals surface area contributed by atoms with Gasteiger partial charge in [0.25, 0.3) is 0 Å². The molecular weight excluding hydrogens is 252 g/mol. The molecule has 1 aromatic rings. The Kier molecular flexibility index (Phi) is 5.61. The number of aliphatic carboxylic acids is 1. The quantitative estimate of drug-likeness (QED) is 0.810. The van der Waals surface area contributed by atoms with E-state index in [1.165, 1.54) is 11.1 Å². The van der Waals surface area contributed by atoms with Gasteiger partial charge in [0.15, 0.2) is 0 Å². The Morgan fingerprint density at radius 2 is 1.65 bits per heavy atom. The summed E-state index contributed by atoms with van der Waals surface area (Å²) in [6, 6.07) is 4.14. The van der Waals surface area contributed by atoms with Crippen molar-refractivity contribution in [2.75, 3.05) is 6.61 Å². The normalized spacial score (nSPS) is 11.4. The van der Waals surface area contributed by atoms with E-state index in [0.29, 0.717) is 25.9 Å². The van der Waals surface area contributed by atoms with E-state index in [9.17, 15) is 9.90 Å². The summed E-state index contributed by atoms with van der Waals surface area (Å²) >= 11 is 0. The molecule has 1 N–H and O–H groups in total. The molecule has 0 aliphatic heterocycles. The Hall–Kier alpha value is -1.51. The summed E-state index contributed by atoms with van der Waals surface area (Å²) in [7, 11) is 0. The second-order valence-electron chi connectivity index (χ2n) is 5.59. The van der Waals surface area contributed by atoms with Gasteiger partial charge in [-0.1, -0.05) is 19.9 Å². The highest BCUT2D eigenvalue weighted by Crippen LogP contribution is 2.31. The van der Waals surface area contributed by atoms with E-state index in [-0.39, 0.29) is 0 Å². The van der Waals surface area contributed by atoms with Crippen LogP contribution < -0.4 is 4.74 Å². The monoisotopic (exact) mass is 278 g/mol. The third-order valence-corrected chi connectivity index (χ3v) is 4.44. The highest BCUT2D eigenvalue weighted by molar-refractivity contribution is 5.74. The van der Waals surface area contributed by atoms with Crippen LogP contribution in [0.25, 0.3) is 0 Å². The fourth-order valence-electron chi connectivity index (χ4n) is 2.46. The number of carboxylic acid groups (broad SMARTS) is 1. The molecule has 0 bridgehead atoms. The number of aryl methyl sites for hydroxylation is 3. The number of carbonyl (C=O) groups is 1. The lowest BCUT2D eigenvalue weighted by Gasteiger charge is -2.26. The SMILES string of the molecule is CCC(CC)(CCOc1cc(C)c(C)cc1C)C(=O)O. The van der Waals surface area contributed by atoms with Crippen molar-refractivity contribution in [3.8, 4) is 5.75 Å². The molecule has 0 aliphatic rings. The lowest BCUT2D eigenvalue weighted by atomic mass is 9.79. The van der Waals surface area contributed by atoms with Crippen LogP contribution in [0.3, 0.4) is 0 Å². The average molecular weight is 278 g/mol. The largest absolute Gasteiger partial charge is 0.493 e. The van der Waals surface area contributed by atoms with Crippen LogP contribution in [0.4, 0.5) is 0 Å². The van der Waals surface area contributed by atoms with Crippen LogP contribution in [-0.4, -0.2) is 17.7 Å². The first kappa shape index (κ1) is 16.5. The van der Waals surface area contributed by atoms with Crippen LogP contribution in [0.5, 0.6) is 5.75 Å². The predicted octanol–water partition coefficient (Wildman–Crippen LogP) is 4.27. The van der Waals surface area contributed by atoms with Crippen LogP contribution in [0, 0.1) is 26.2 Å². The van der Waals surface area contributed by atoms with Gasteiger partial charge in [-0.05, 0) is 62.8 Å². The highest BCUT2D eigenvalue weighted by Gasteiger charge is 2.34. The van der Waals surface area contributed by atoms with Crippen LogP contribution in [0.15, 0.2) is 12.1 Å². The van der Waals surface area contributed by atoms with Crippen LogP contribution in [0.1, 0.15) is 49.8 Å². The summed E-state index contributed by atoms with van der Waals surface area (Å²) < 4.78 is 5.82. The molecule has 0 unspecified atom stereocenters. The molecule has 0 aromatic heterocycles. The zero-order valence-electron chi connectivity index (χ0n) is 13.2. The summed E-state index contributed by atoms with van der Waals surface area (Å²) in [6.45, 7) is 10.5. The van der Waals surface area contributed by atoms with Crippen molar-refractivity contribution < 1.29 is 14.6 Å².